The molecule has 0 amide bonds. The highest BCUT2D eigenvalue weighted by molar-refractivity contribution is 5.71. The van der Waals surface area contributed by atoms with Gasteiger partial charge in [0.15, 0.2) is 6.10 Å². The average molecular weight is 1060 g/mol. The van der Waals surface area contributed by atoms with Gasteiger partial charge in [-0.05, 0) is 122 Å². The fourth-order valence-electron chi connectivity index (χ4n) is 8.97. The zero-order chi connectivity index (χ0) is 55.0. The molecule has 0 aromatic carbocycles. The van der Waals surface area contributed by atoms with Crippen LogP contribution in [0.1, 0.15) is 310 Å². The summed E-state index contributed by atoms with van der Waals surface area (Å²) in [5.41, 5.74) is 0. The Kier molecular flexibility index (Phi) is 60.8. The van der Waals surface area contributed by atoms with Crippen molar-refractivity contribution in [1.29, 1.82) is 0 Å². The summed E-state index contributed by atoms with van der Waals surface area (Å²) < 4.78 is 16.9. The van der Waals surface area contributed by atoms with Gasteiger partial charge in [-0.2, -0.15) is 0 Å². The molecule has 0 N–H and O–H groups in total. The molecule has 0 bridgehead atoms. The van der Waals surface area contributed by atoms with Crippen LogP contribution in [-0.4, -0.2) is 37.2 Å². The second kappa shape index (κ2) is 63.9. The Labute approximate surface area is 470 Å². The quantitative estimate of drug-likeness (QED) is 0.0261. The smallest absolute Gasteiger partial charge is 0.306 e. The largest absolute Gasteiger partial charge is 0.462 e. The van der Waals surface area contributed by atoms with Crippen LogP contribution in [0.5, 0.6) is 0 Å². The molecule has 1 unspecified atom stereocenters. The van der Waals surface area contributed by atoms with Gasteiger partial charge in [0.1, 0.15) is 13.2 Å². The van der Waals surface area contributed by atoms with E-state index >= 15 is 0 Å². The van der Waals surface area contributed by atoms with Crippen LogP contribution in [0.3, 0.4) is 0 Å². The third-order valence-corrected chi connectivity index (χ3v) is 13.8. The predicted molar refractivity (Wildman–Crippen MR) is 330 cm³/mol. The van der Waals surface area contributed by atoms with Crippen LogP contribution in [0.4, 0.5) is 0 Å². The summed E-state index contributed by atoms with van der Waals surface area (Å²) in [6.45, 7) is 6.50. The summed E-state index contributed by atoms with van der Waals surface area (Å²) in [6.07, 6.45) is 85.5. The summed E-state index contributed by atoms with van der Waals surface area (Å²) >= 11 is 0. The molecule has 0 fully saturated rings. The predicted octanol–water partition coefficient (Wildman–Crippen LogP) is 22.0. The third-order valence-electron chi connectivity index (χ3n) is 13.8. The van der Waals surface area contributed by atoms with Crippen LogP contribution >= 0.6 is 0 Å². The van der Waals surface area contributed by atoms with Crippen LogP contribution < -0.4 is 0 Å². The maximum absolute atomic E-state index is 12.9. The first-order chi connectivity index (χ1) is 37.5. The standard InChI is InChI=1S/C70H120O6/c1-4-7-10-13-16-19-22-25-27-29-31-33-35-37-39-41-43-45-48-51-54-57-60-63-69(72)75-66-67(65-74-68(71)62-59-56-53-50-47-24-21-18-15-12-9-6-3)76-70(73)64-61-58-55-52-49-46-44-42-40-38-36-34-32-30-28-26-23-20-17-14-11-8-5-2/h7,10,16,18-19,21,23,25-27,30-33,36,38,67H,4-6,8-9,11-15,17,20,22,24,28-29,34-35,37,39-66H2,1-3H3/b10-7-,19-16-,21-18-,26-23-,27-25-,32-30-,33-31-,38-36-. The number of hydrogen-bond donors (Lipinski definition) is 0. The molecule has 1 atom stereocenters. The van der Waals surface area contributed by atoms with Crippen molar-refractivity contribution in [2.45, 2.75) is 316 Å². The highest BCUT2D eigenvalue weighted by Gasteiger charge is 2.19. The van der Waals surface area contributed by atoms with Gasteiger partial charge in [0.2, 0.25) is 0 Å². The molecule has 0 aliphatic heterocycles. The van der Waals surface area contributed by atoms with Crippen molar-refractivity contribution in [2.75, 3.05) is 13.2 Å². The van der Waals surface area contributed by atoms with E-state index in [1.165, 1.54) is 161 Å². The molecule has 0 rings (SSSR count). The van der Waals surface area contributed by atoms with Crippen LogP contribution in [0, 0.1) is 0 Å². The molecule has 436 valence electrons. The molecule has 6 nitrogen and oxygen atoms in total. The van der Waals surface area contributed by atoms with E-state index in [9.17, 15) is 14.4 Å². The summed E-state index contributed by atoms with van der Waals surface area (Å²) in [7, 11) is 0. The molecule has 76 heavy (non-hydrogen) atoms. The first kappa shape index (κ1) is 72.3. The van der Waals surface area contributed by atoms with Crippen molar-refractivity contribution >= 4 is 17.9 Å². The number of carbonyl (C=O) groups is 3. The van der Waals surface area contributed by atoms with Crippen molar-refractivity contribution in [3.05, 3.63) is 97.2 Å². The number of allylic oxidation sites excluding steroid dienone is 16. The van der Waals surface area contributed by atoms with E-state index in [2.05, 4.69) is 118 Å². The van der Waals surface area contributed by atoms with Crippen molar-refractivity contribution in [1.82, 2.24) is 0 Å². The normalized spacial score (nSPS) is 12.7. The SMILES string of the molecule is CC/C=C\C/C=C\C/C=C\C/C=C\CCCCCCCCCCCCC(=O)OCC(COC(=O)CCCCCCC/C=C\CCCCC)OC(=O)CCCCCCCCCC/C=C\C/C=C\C/C=C\CCCCCCC. The molecule has 0 aliphatic rings. The van der Waals surface area contributed by atoms with E-state index < -0.39 is 6.10 Å². The molecular formula is C70H120O6. The highest BCUT2D eigenvalue weighted by atomic mass is 16.6. The Hall–Kier alpha value is -3.67. The summed E-state index contributed by atoms with van der Waals surface area (Å²) in [5.74, 6) is -0.896. The monoisotopic (exact) mass is 1060 g/mol. The summed E-state index contributed by atoms with van der Waals surface area (Å²) in [5, 5.41) is 0. The maximum atomic E-state index is 12.9. The zero-order valence-corrected chi connectivity index (χ0v) is 50.0. The fourth-order valence-corrected chi connectivity index (χ4v) is 8.97. The molecule has 0 aliphatic carbocycles. The van der Waals surface area contributed by atoms with Crippen LogP contribution in [0.2, 0.25) is 0 Å². The maximum Gasteiger partial charge on any atom is 0.306 e. The van der Waals surface area contributed by atoms with E-state index in [0.717, 1.165) is 109 Å². The summed E-state index contributed by atoms with van der Waals surface area (Å²) in [6, 6.07) is 0. The lowest BCUT2D eigenvalue weighted by molar-refractivity contribution is -0.167. The number of rotatable bonds is 58. The van der Waals surface area contributed by atoms with Crippen molar-refractivity contribution in [3.63, 3.8) is 0 Å². The lowest BCUT2D eigenvalue weighted by atomic mass is 10.1. The molecule has 0 saturated carbocycles. The van der Waals surface area contributed by atoms with E-state index in [4.69, 9.17) is 14.2 Å². The first-order valence-corrected chi connectivity index (χ1v) is 32.2. The summed E-state index contributed by atoms with van der Waals surface area (Å²) in [4.78, 5) is 38.3. The molecule has 0 radical (unpaired) electrons. The number of esters is 3. The zero-order valence-electron chi connectivity index (χ0n) is 50.0. The van der Waals surface area contributed by atoms with Gasteiger partial charge in [0.05, 0.1) is 0 Å². The number of ether oxygens (including phenoxy) is 3. The third kappa shape index (κ3) is 61.2. The number of carbonyl (C=O) groups excluding carboxylic acids is 3. The van der Waals surface area contributed by atoms with Gasteiger partial charge >= 0.3 is 17.9 Å². The van der Waals surface area contributed by atoms with E-state index in [-0.39, 0.29) is 31.1 Å². The van der Waals surface area contributed by atoms with E-state index in [0.29, 0.717) is 19.3 Å². The average Bonchev–Trinajstić information content (AvgIpc) is 3.42. The fraction of sp³-hybridized carbons (Fsp3) is 0.729. The minimum absolute atomic E-state index is 0.0849. The lowest BCUT2D eigenvalue weighted by Gasteiger charge is -2.18. The van der Waals surface area contributed by atoms with Gasteiger partial charge in [-0.15, -0.1) is 0 Å². The van der Waals surface area contributed by atoms with Gasteiger partial charge < -0.3 is 14.2 Å². The Bertz CT molecular complexity index is 1490. The van der Waals surface area contributed by atoms with Crippen molar-refractivity contribution in [2.24, 2.45) is 0 Å². The van der Waals surface area contributed by atoms with Gasteiger partial charge in [-0.25, -0.2) is 0 Å². The Morgan fingerprint density at radius 1 is 0.276 bits per heavy atom. The Morgan fingerprint density at radius 3 is 0.842 bits per heavy atom. The minimum Gasteiger partial charge on any atom is -0.462 e. The lowest BCUT2D eigenvalue weighted by Crippen LogP contribution is -2.30. The van der Waals surface area contributed by atoms with Gasteiger partial charge in [-0.1, -0.05) is 266 Å². The van der Waals surface area contributed by atoms with Crippen LogP contribution in [0.25, 0.3) is 0 Å². The van der Waals surface area contributed by atoms with Gasteiger partial charge in [0, 0.05) is 19.3 Å². The van der Waals surface area contributed by atoms with E-state index in [1.807, 2.05) is 0 Å². The first-order valence-electron chi connectivity index (χ1n) is 32.2. The molecule has 0 aromatic heterocycles. The van der Waals surface area contributed by atoms with Crippen molar-refractivity contribution in [3.8, 4) is 0 Å². The van der Waals surface area contributed by atoms with Gasteiger partial charge in [-0.3, -0.25) is 14.4 Å². The van der Waals surface area contributed by atoms with Crippen LogP contribution in [-0.2, 0) is 28.6 Å². The van der Waals surface area contributed by atoms with E-state index in [1.54, 1.807) is 0 Å². The topological polar surface area (TPSA) is 78.9 Å². The molecule has 0 heterocycles. The second-order valence-corrected chi connectivity index (χ2v) is 21.3. The van der Waals surface area contributed by atoms with Crippen LogP contribution in [0.15, 0.2) is 97.2 Å². The minimum atomic E-state index is -0.788. The van der Waals surface area contributed by atoms with Crippen molar-refractivity contribution < 1.29 is 28.6 Å². The molecular weight excluding hydrogens is 937 g/mol. The number of hydrogen-bond acceptors (Lipinski definition) is 6. The highest BCUT2D eigenvalue weighted by Crippen LogP contribution is 2.16. The number of unbranched alkanes of at least 4 members (excludes halogenated alkanes) is 31. The Balaban J connectivity index is 4.34. The molecule has 0 saturated heterocycles. The van der Waals surface area contributed by atoms with Gasteiger partial charge in [0.25, 0.3) is 0 Å². The molecule has 0 aromatic rings. The Morgan fingerprint density at radius 2 is 0.513 bits per heavy atom. The molecule has 6 heteroatoms. The second-order valence-electron chi connectivity index (χ2n) is 21.3. The molecule has 0 spiro atoms.